The minimum Gasteiger partial charge on any atom is -0.459 e. The SMILES string of the molecule is CC(C)OC(=O)c1cc(-n2c(=O)c3c(n(C)c2=O)CCC3)ccc1Cl. The van der Waals surface area contributed by atoms with E-state index in [0.717, 1.165) is 23.1 Å². The molecule has 0 atom stereocenters. The first-order valence-corrected chi connectivity index (χ1v) is 8.53. The first-order valence-electron chi connectivity index (χ1n) is 8.16. The summed E-state index contributed by atoms with van der Waals surface area (Å²) in [5.74, 6) is -0.590. The number of ether oxygens (including phenoxy) is 1. The van der Waals surface area contributed by atoms with Gasteiger partial charge >= 0.3 is 11.7 Å². The van der Waals surface area contributed by atoms with E-state index in [1.54, 1.807) is 27.0 Å². The van der Waals surface area contributed by atoms with Crippen LogP contribution in [0.15, 0.2) is 27.8 Å². The Morgan fingerprint density at radius 2 is 1.96 bits per heavy atom. The van der Waals surface area contributed by atoms with E-state index >= 15 is 0 Å². The lowest BCUT2D eigenvalue weighted by molar-refractivity contribution is 0.0378. The molecular weight excluding hydrogens is 344 g/mol. The number of hydrogen-bond donors (Lipinski definition) is 0. The second-order valence-electron chi connectivity index (χ2n) is 6.38. The molecule has 2 aromatic rings. The lowest BCUT2D eigenvalue weighted by Gasteiger charge is -2.14. The maximum absolute atomic E-state index is 12.8. The summed E-state index contributed by atoms with van der Waals surface area (Å²) in [5, 5.41) is 0.209. The van der Waals surface area contributed by atoms with E-state index in [1.165, 1.54) is 16.7 Å². The normalized spacial score (nSPS) is 13.2. The summed E-state index contributed by atoms with van der Waals surface area (Å²) in [6.07, 6.45) is 1.93. The molecule has 25 heavy (non-hydrogen) atoms. The number of hydrogen-bond acceptors (Lipinski definition) is 4. The second-order valence-corrected chi connectivity index (χ2v) is 6.79. The molecule has 7 heteroatoms. The lowest BCUT2D eigenvalue weighted by Crippen LogP contribution is -2.40. The highest BCUT2D eigenvalue weighted by atomic mass is 35.5. The molecule has 0 spiro atoms. The van der Waals surface area contributed by atoms with Crippen LogP contribution in [0, 0.1) is 0 Å². The number of fused-ring (bicyclic) bond motifs is 1. The van der Waals surface area contributed by atoms with Crippen LogP contribution in [0.3, 0.4) is 0 Å². The molecule has 6 nitrogen and oxygen atoms in total. The van der Waals surface area contributed by atoms with Crippen LogP contribution in [0.4, 0.5) is 0 Å². The zero-order chi connectivity index (χ0) is 18.3. The van der Waals surface area contributed by atoms with Crippen LogP contribution in [0.25, 0.3) is 5.69 Å². The van der Waals surface area contributed by atoms with Crippen molar-refractivity contribution in [2.24, 2.45) is 7.05 Å². The Kier molecular flexibility index (Phi) is 4.56. The number of esters is 1. The Balaban J connectivity index is 2.19. The summed E-state index contributed by atoms with van der Waals surface area (Å²) < 4.78 is 7.77. The van der Waals surface area contributed by atoms with Crippen molar-refractivity contribution in [3.8, 4) is 5.69 Å². The van der Waals surface area contributed by atoms with Gasteiger partial charge in [0.2, 0.25) is 0 Å². The summed E-state index contributed by atoms with van der Waals surface area (Å²) in [6.45, 7) is 3.47. The molecule has 0 radical (unpaired) electrons. The summed E-state index contributed by atoms with van der Waals surface area (Å²) in [7, 11) is 1.66. The predicted octanol–water partition coefficient (Wildman–Crippen LogP) is 2.24. The molecule has 1 aromatic heterocycles. The molecule has 0 fully saturated rings. The van der Waals surface area contributed by atoms with Gasteiger partial charge in [-0.3, -0.25) is 4.79 Å². The number of benzene rings is 1. The van der Waals surface area contributed by atoms with E-state index in [-0.39, 0.29) is 22.2 Å². The number of nitrogens with zero attached hydrogens (tertiary/aromatic N) is 2. The van der Waals surface area contributed by atoms with Gasteiger partial charge in [0.25, 0.3) is 5.56 Å². The van der Waals surface area contributed by atoms with Gasteiger partial charge in [-0.05, 0) is 51.3 Å². The van der Waals surface area contributed by atoms with Crippen LogP contribution in [0.2, 0.25) is 5.02 Å². The largest absolute Gasteiger partial charge is 0.459 e. The van der Waals surface area contributed by atoms with Gasteiger partial charge < -0.3 is 9.30 Å². The highest BCUT2D eigenvalue weighted by Gasteiger charge is 2.23. The monoisotopic (exact) mass is 362 g/mol. The standard InChI is InChI=1S/C18H19ClN2O4/c1-10(2)25-17(23)13-9-11(7-8-14(13)19)21-16(22)12-5-4-6-15(12)20(3)18(21)24/h7-10H,4-6H2,1-3H3. The van der Waals surface area contributed by atoms with Crippen LogP contribution < -0.4 is 11.2 Å². The van der Waals surface area contributed by atoms with Gasteiger partial charge in [-0.2, -0.15) is 0 Å². The van der Waals surface area contributed by atoms with Crippen LogP contribution in [-0.4, -0.2) is 21.2 Å². The topological polar surface area (TPSA) is 70.3 Å². The number of rotatable bonds is 3. The molecule has 0 saturated carbocycles. The minimum atomic E-state index is -0.590. The summed E-state index contributed by atoms with van der Waals surface area (Å²) >= 11 is 6.10. The van der Waals surface area contributed by atoms with Crippen molar-refractivity contribution in [2.75, 3.05) is 0 Å². The van der Waals surface area contributed by atoms with Crippen LogP contribution in [0.5, 0.6) is 0 Å². The van der Waals surface area contributed by atoms with E-state index in [0.29, 0.717) is 17.7 Å². The van der Waals surface area contributed by atoms with E-state index in [2.05, 4.69) is 0 Å². The van der Waals surface area contributed by atoms with Crippen molar-refractivity contribution >= 4 is 17.6 Å². The third-order valence-corrected chi connectivity index (χ3v) is 4.63. The van der Waals surface area contributed by atoms with Crippen LogP contribution in [-0.2, 0) is 24.6 Å². The van der Waals surface area contributed by atoms with Crippen molar-refractivity contribution in [3.63, 3.8) is 0 Å². The smallest absolute Gasteiger partial charge is 0.339 e. The zero-order valence-electron chi connectivity index (χ0n) is 14.3. The van der Waals surface area contributed by atoms with Crippen molar-refractivity contribution in [1.82, 2.24) is 9.13 Å². The highest BCUT2D eigenvalue weighted by Crippen LogP contribution is 2.22. The van der Waals surface area contributed by atoms with Gasteiger partial charge in [0.1, 0.15) is 0 Å². The fourth-order valence-corrected chi connectivity index (χ4v) is 3.32. The minimum absolute atomic E-state index is 0.127. The number of carbonyl (C=O) groups excluding carboxylic acids is 1. The molecule has 1 aliphatic rings. The van der Waals surface area contributed by atoms with Gasteiger partial charge in [-0.25, -0.2) is 14.2 Å². The van der Waals surface area contributed by atoms with Crippen molar-refractivity contribution in [2.45, 2.75) is 39.2 Å². The average Bonchev–Trinajstić information content (AvgIpc) is 3.03. The molecule has 1 heterocycles. The Morgan fingerprint density at radius 1 is 1.24 bits per heavy atom. The summed E-state index contributed by atoms with van der Waals surface area (Å²) in [5.41, 5.74) is 1.11. The fourth-order valence-electron chi connectivity index (χ4n) is 3.13. The molecular formula is C18H19ClN2O4. The van der Waals surface area contributed by atoms with E-state index in [4.69, 9.17) is 16.3 Å². The predicted molar refractivity (Wildman–Crippen MR) is 94.9 cm³/mol. The van der Waals surface area contributed by atoms with Crippen LogP contribution in [0.1, 0.15) is 41.9 Å². The molecule has 132 valence electrons. The Hall–Kier alpha value is -2.34. The fraction of sp³-hybridized carbons (Fsp3) is 0.389. The Bertz CT molecular complexity index is 972. The van der Waals surface area contributed by atoms with Crippen molar-refractivity contribution < 1.29 is 9.53 Å². The van der Waals surface area contributed by atoms with Crippen molar-refractivity contribution in [1.29, 1.82) is 0 Å². The van der Waals surface area contributed by atoms with Crippen LogP contribution >= 0.6 is 11.6 Å². The molecule has 0 unspecified atom stereocenters. The molecule has 0 saturated heterocycles. The van der Waals surface area contributed by atoms with Crippen molar-refractivity contribution in [3.05, 3.63) is 60.9 Å². The van der Waals surface area contributed by atoms with E-state index in [9.17, 15) is 14.4 Å². The summed E-state index contributed by atoms with van der Waals surface area (Å²) in [4.78, 5) is 37.7. The third-order valence-electron chi connectivity index (χ3n) is 4.30. The van der Waals surface area contributed by atoms with E-state index in [1.807, 2.05) is 0 Å². The third kappa shape index (κ3) is 3.02. The van der Waals surface area contributed by atoms with Gasteiger partial charge in [-0.15, -0.1) is 0 Å². The molecule has 1 aromatic carbocycles. The molecule has 0 bridgehead atoms. The number of carbonyl (C=O) groups is 1. The molecule has 0 amide bonds. The van der Waals surface area contributed by atoms with Gasteiger partial charge in [0.15, 0.2) is 0 Å². The maximum Gasteiger partial charge on any atom is 0.339 e. The van der Waals surface area contributed by atoms with Gasteiger partial charge in [0, 0.05) is 18.3 Å². The Labute approximate surface area is 149 Å². The molecule has 0 N–H and O–H groups in total. The van der Waals surface area contributed by atoms with E-state index < -0.39 is 11.7 Å². The first kappa shape index (κ1) is 17.5. The number of halogens is 1. The number of aromatic nitrogens is 2. The molecule has 3 rings (SSSR count). The highest BCUT2D eigenvalue weighted by molar-refractivity contribution is 6.33. The second kappa shape index (κ2) is 6.52. The zero-order valence-corrected chi connectivity index (χ0v) is 15.1. The lowest BCUT2D eigenvalue weighted by atomic mass is 10.2. The quantitative estimate of drug-likeness (QED) is 0.785. The Morgan fingerprint density at radius 3 is 2.64 bits per heavy atom. The first-order chi connectivity index (χ1) is 11.8. The maximum atomic E-state index is 12.8. The van der Waals surface area contributed by atoms with Gasteiger partial charge in [0.05, 0.1) is 22.4 Å². The van der Waals surface area contributed by atoms with Gasteiger partial charge in [-0.1, -0.05) is 11.6 Å². The molecule has 0 aliphatic heterocycles. The summed E-state index contributed by atoms with van der Waals surface area (Å²) in [6, 6.07) is 4.47. The molecule has 1 aliphatic carbocycles. The average molecular weight is 363 g/mol.